The number of rotatable bonds is 0. The molecular formula is C14H8BrNO4S2. The lowest BCUT2D eigenvalue weighted by molar-refractivity contribution is -0.191. The quantitative estimate of drug-likeness (QED) is 0.493. The van der Waals surface area contributed by atoms with Gasteiger partial charge in [0, 0.05) is 23.5 Å². The number of thiocarbonyl (C=S) groups is 1. The van der Waals surface area contributed by atoms with Gasteiger partial charge in [0.25, 0.3) is 5.91 Å². The van der Waals surface area contributed by atoms with Gasteiger partial charge < -0.3 is 0 Å². The van der Waals surface area contributed by atoms with Crippen LogP contribution in [0.2, 0.25) is 0 Å². The summed E-state index contributed by atoms with van der Waals surface area (Å²) in [6.07, 6.45) is 0.603. The van der Waals surface area contributed by atoms with E-state index in [1.807, 2.05) is 18.2 Å². The number of ketones is 1. The van der Waals surface area contributed by atoms with Crippen molar-refractivity contribution < 1.29 is 19.2 Å². The Bertz CT molecular complexity index is 766. The molecule has 0 atom stereocenters. The van der Waals surface area contributed by atoms with E-state index >= 15 is 0 Å². The van der Waals surface area contributed by atoms with Gasteiger partial charge in [-0.25, -0.2) is 0 Å². The minimum absolute atomic E-state index is 0.0120. The van der Waals surface area contributed by atoms with Crippen molar-refractivity contribution in [2.75, 3.05) is 7.05 Å². The molecule has 0 radical (unpaired) electrons. The monoisotopic (exact) mass is 397 g/mol. The number of likely N-dealkylation sites (N-methyl/N-ethyl adjacent to an activating group) is 1. The zero-order chi connectivity index (χ0) is 16.4. The van der Waals surface area contributed by atoms with Crippen molar-refractivity contribution in [1.82, 2.24) is 4.90 Å². The molecule has 0 unspecified atom stereocenters. The Morgan fingerprint density at radius 2 is 1.95 bits per heavy atom. The molecule has 8 heteroatoms. The van der Waals surface area contributed by atoms with E-state index in [9.17, 15) is 9.59 Å². The van der Waals surface area contributed by atoms with Crippen molar-refractivity contribution in [1.29, 1.82) is 0 Å². The van der Waals surface area contributed by atoms with Crippen molar-refractivity contribution in [3.05, 3.63) is 38.7 Å². The van der Waals surface area contributed by atoms with Crippen LogP contribution < -0.4 is 0 Å². The summed E-state index contributed by atoms with van der Waals surface area (Å²) in [4.78, 5) is 42.4. The molecule has 0 spiro atoms. The maximum absolute atomic E-state index is 12.2. The molecule has 0 aromatic heterocycles. The van der Waals surface area contributed by atoms with E-state index in [0.29, 0.717) is 21.2 Å². The summed E-state index contributed by atoms with van der Waals surface area (Å²) >= 11 is 9.71. The van der Waals surface area contributed by atoms with Gasteiger partial charge in [0.05, 0.1) is 4.91 Å². The maximum atomic E-state index is 12.2. The molecule has 1 aliphatic carbocycles. The van der Waals surface area contributed by atoms with Gasteiger partial charge >= 0.3 is 6.15 Å². The van der Waals surface area contributed by atoms with E-state index < -0.39 is 0 Å². The number of halogens is 1. The number of benzene rings is 1. The zero-order valence-electron chi connectivity index (χ0n) is 11.2. The number of allylic oxidation sites excluding steroid dienone is 1. The molecule has 1 aromatic carbocycles. The van der Waals surface area contributed by atoms with E-state index in [2.05, 4.69) is 15.9 Å². The molecule has 1 aliphatic heterocycles. The van der Waals surface area contributed by atoms with E-state index in [-0.39, 0.29) is 17.8 Å². The number of carbonyl (C=O) groups is 2. The Morgan fingerprint density at radius 3 is 2.50 bits per heavy atom. The standard InChI is InChI=1S/C13H8BrNO2S2.CO2/c1-15-12(17)11(19-13(15)18)10-8-5-7(14)3-2-6(8)4-9(10)16;2-1-3/h2-3,5H,4H2,1H3;/b11-10-;. The van der Waals surface area contributed by atoms with Crippen molar-refractivity contribution in [3.8, 4) is 0 Å². The number of thioether (sulfide) groups is 1. The van der Waals surface area contributed by atoms with Crippen LogP contribution in [0.3, 0.4) is 0 Å². The smallest absolute Gasteiger partial charge is 0.296 e. The minimum atomic E-state index is -0.189. The third-order valence-electron chi connectivity index (χ3n) is 3.16. The summed E-state index contributed by atoms with van der Waals surface area (Å²) in [6, 6.07) is 5.70. The van der Waals surface area contributed by atoms with Gasteiger partial charge in [0.2, 0.25) is 0 Å². The van der Waals surface area contributed by atoms with E-state index in [1.54, 1.807) is 7.05 Å². The predicted octanol–water partition coefficient (Wildman–Crippen LogP) is 2.19. The fourth-order valence-corrected chi connectivity index (χ4v) is 3.83. The Morgan fingerprint density at radius 1 is 1.32 bits per heavy atom. The molecule has 1 saturated heterocycles. The Kier molecular flexibility index (Phi) is 5.08. The van der Waals surface area contributed by atoms with Crippen molar-refractivity contribution in [2.45, 2.75) is 6.42 Å². The first-order valence-electron chi connectivity index (χ1n) is 5.96. The highest BCUT2D eigenvalue weighted by Crippen LogP contribution is 2.41. The van der Waals surface area contributed by atoms with Crippen LogP contribution in [0, 0.1) is 0 Å². The Hall–Kier alpha value is -1.60. The van der Waals surface area contributed by atoms with E-state index in [0.717, 1.165) is 15.6 Å². The van der Waals surface area contributed by atoms with Crippen LogP contribution in [0.4, 0.5) is 0 Å². The second-order valence-electron chi connectivity index (χ2n) is 4.42. The zero-order valence-corrected chi connectivity index (χ0v) is 14.4. The predicted molar refractivity (Wildman–Crippen MR) is 87.7 cm³/mol. The number of hydrogen-bond acceptors (Lipinski definition) is 6. The summed E-state index contributed by atoms with van der Waals surface area (Å²) in [7, 11) is 1.63. The summed E-state index contributed by atoms with van der Waals surface area (Å²) in [6.45, 7) is 0. The van der Waals surface area contributed by atoms with Crippen LogP contribution in [0.1, 0.15) is 11.1 Å². The van der Waals surface area contributed by atoms with Gasteiger partial charge in [-0.15, -0.1) is 0 Å². The molecule has 1 amide bonds. The van der Waals surface area contributed by atoms with Crippen LogP contribution >= 0.6 is 39.9 Å². The molecule has 0 bridgehead atoms. The molecule has 1 heterocycles. The van der Waals surface area contributed by atoms with Crippen LogP contribution in [0.25, 0.3) is 5.57 Å². The Balaban J connectivity index is 0.000000545. The number of hydrogen-bond donors (Lipinski definition) is 0. The fraction of sp³-hybridized carbons (Fsp3) is 0.143. The lowest BCUT2D eigenvalue weighted by atomic mass is 10.1. The molecule has 1 aromatic rings. The number of fused-ring (bicyclic) bond motifs is 1. The lowest BCUT2D eigenvalue weighted by Crippen LogP contribution is -2.22. The molecule has 112 valence electrons. The van der Waals surface area contributed by atoms with Crippen molar-refractivity contribution >= 4 is 67.6 Å². The average Bonchev–Trinajstić information content (AvgIpc) is 2.90. The normalized spacial score (nSPS) is 19.7. The number of amides is 1. The van der Waals surface area contributed by atoms with Crippen LogP contribution in [-0.2, 0) is 25.6 Å². The first-order valence-corrected chi connectivity index (χ1v) is 7.98. The highest BCUT2D eigenvalue weighted by atomic mass is 79.9. The first-order chi connectivity index (χ1) is 10.4. The molecule has 5 nitrogen and oxygen atoms in total. The molecule has 22 heavy (non-hydrogen) atoms. The largest absolute Gasteiger partial charge is 0.373 e. The second kappa shape index (κ2) is 6.66. The van der Waals surface area contributed by atoms with Gasteiger partial charge in [-0.3, -0.25) is 14.5 Å². The summed E-state index contributed by atoms with van der Waals surface area (Å²) in [5, 5.41) is 0. The molecular weight excluding hydrogens is 390 g/mol. The topological polar surface area (TPSA) is 71.5 Å². The van der Waals surface area contributed by atoms with Crippen LogP contribution in [-0.4, -0.2) is 34.1 Å². The van der Waals surface area contributed by atoms with Gasteiger partial charge in [-0.2, -0.15) is 9.59 Å². The lowest BCUT2D eigenvalue weighted by Gasteiger charge is -2.05. The molecule has 0 N–H and O–H groups in total. The number of nitrogens with zero attached hydrogens (tertiary/aromatic N) is 1. The number of Topliss-reactive ketones (excluding diaryl/α,β-unsaturated/α-hetero) is 1. The summed E-state index contributed by atoms with van der Waals surface area (Å²) in [5.74, 6) is -0.201. The SMILES string of the molecule is CN1C(=O)/C(=C2/C(=O)Cc3ccc(Br)cc32)SC1=S.O=C=O. The molecule has 1 fully saturated rings. The molecule has 0 saturated carbocycles. The highest BCUT2D eigenvalue weighted by Gasteiger charge is 2.37. The van der Waals surface area contributed by atoms with Crippen LogP contribution in [0.5, 0.6) is 0 Å². The summed E-state index contributed by atoms with van der Waals surface area (Å²) < 4.78 is 1.38. The van der Waals surface area contributed by atoms with Crippen molar-refractivity contribution in [3.63, 3.8) is 0 Å². The molecule has 2 aliphatic rings. The Labute approximate surface area is 143 Å². The third-order valence-corrected chi connectivity index (χ3v) is 5.21. The number of carbonyl (C=O) groups excluding carboxylic acids is 4. The first kappa shape index (κ1) is 16.8. The second-order valence-corrected chi connectivity index (χ2v) is 6.98. The van der Waals surface area contributed by atoms with E-state index in [1.165, 1.54) is 16.7 Å². The fourth-order valence-electron chi connectivity index (χ4n) is 2.19. The summed E-state index contributed by atoms with van der Waals surface area (Å²) in [5.41, 5.74) is 2.32. The highest BCUT2D eigenvalue weighted by molar-refractivity contribution is 9.10. The third kappa shape index (κ3) is 2.96. The van der Waals surface area contributed by atoms with Gasteiger partial charge in [-0.05, 0) is 23.3 Å². The van der Waals surface area contributed by atoms with Gasteiger partial charge in [0.15, 0.2) is 5.78 Å². The molecule has 3 rings (SSSR count). The maximum Gasteiger partial charge on any atom is 0.373 e. The average molecular weight is 398 g/mol. The van der Waals surface area contributed by atoms with Gasteiger partial charge in [-0.1, -0.05) is 46.0 Å². The van der Waals surface area contributed by atoms with E-state index in [4.69, 9.17) is 21.8 Å². The van der Waals surface area contributed by atoms with Crippen molar-refractivity contribution in [2.24, 2.45) is 0 Å². The van der Waals surface area contributed by atoms with Crippen LogP contribution in [0.15, 0.2) is 27.6 Å². The minimum Gasteiger partial charge on any atom is -0.296 e. The van der Waals surface area contributed by atoms with Gasteiger partial charge in [0.1, 0.15) is 4.32 Å².